The second-order valence-electron chi connectivity index (χ2n) is 7.29. The number of hydrogen-bond donors (Lipinski definition) is 2. The summed E-state index contributed by atoms with van der Waals surface area (Å²) in [5.41, 5.74) is 2.54. The summed E-state index contributed by atoms with van der Waals surface area (Å²) in [6.07, 6.45) is 3.78. The summed E-state index contributed by atoms with van der Waals surface area (Å²) < 4.78 is 0. The molecule has 1 unspecified atom stereocenters. The lowest BCUT2D eigenvalue weighted by atomic mass is 10.0. The van der Waals surface area contributed by atoms with Crippen LogP contribution in [-0.2, 0) is 11.3 Å². The molecule has 2 N–H and O–H groups in total. The number of amides is 1. The predicted octanol–water partition coefficient (Wildman–Crippen LogP) is 4.35. The van der Waals surface area contributed by atoms with Crippen LogP contribution in [-0.4, -0.2) is 37.0 Å². The fourth-order valence-corrected chi connectivity index (χ4v) is 3.63. The first kappa shape index (κ1) is 25.4. The molecule has 1 saturated heterocycles. The van der Waals surface area contributed by atoms with E-state index in [4.69, 9.17) is 0 Å². The summed E-state index contributed by atoms with van der Waals surface area (Å²) in [5.74, 6) is 0.130. The van der Waals surface area contributed by atoms with E-state index in [1.165, 1.54) is 17.5 Å². The van der Waals surface area contributed by atoms with Crippen molar-refractivity contribution in [3.8, 4) is 0 Å². The average molecular weight is 438 g/mol. The molecule has 1 amide bonds. The van der Waals surface area contributed by atoms with Crippen molar-refractivity contribution in [2.24, 2.45) is 0 Å². The lowest BCUT2D eigenvalue weighted by Gasteiger charge is -2.22. The third kappa shape index (κ3) is 9.18. The van der Waals surface area contributed by atoms with E-state index in [0.717, 1.165) is 45.6 Å². The second kappa shape index (κ2) is 14.4. The average Bonchev–Trinajstić information content (AvgIpc) is 2.72. The molecule has 0 spiro atoms. The number of rotatable bonds is 3. The van der Waals surface area contributed by atoms with E-state index < -0.39 is 0 Å². The van der Waals surface area contributed by atoms with Gasteiger partial charge in [-0.15, -0.1) is 24.8 Å². The first-order chi connectivity index (χ1) is 13.3. The number of carbonyl (C=O) groups is 1. The van der Waals surface area contributed by atoms with Gasteiger partial charge in [0.2, 0.25) is 5.91 Å². The van der Waals surface area contributed by atoms with E-state index in [1.54, 1.807) is 0 Å². The molecule has 160 valence electrons. The Balaban J connectivity index is 0.00000210. The summed E-state index contributed by atoms with van der Waals surface area (Å²) in [5, 5.41) is 6.69. The molecule has 1 aliphatic heterocycles. The maximum absolute atomic E-state index is 12.4. The number of nitrogens with one attached hydrogen (secondary N) is 2. The molecule has 4 nitrogen and oxygen atoms in total. The van der Waals surface area contributed by atoms with Crippen LogP contribution in [0.3, 0.4) is 0 Å². The van der Waals surface area contributed by atoms with Gasteiger partial charge in [0, 0.05) is 32.1 Å². The Kier molecular flexibility index (Phi) is 12.6. The predicted molar refractivity (Wildman–Crippen MR) is 125 cm³/mol. The molecule has 2 aromatic carbocycles. The number of benzene rings is 2. The minimum absolute atomic E-state index is 0. The lowest BCUT2D eigenvalue weighted by Crippen LogP contribution is -2.32. The van der Waals surface area contributed by atoms with Crippen molar-refractivity contribution in [3.63, 3.8) is 0 Å². The van der Waals surface area contributed by atoms with Crippen LogP contribution in [0.25, 0.3) is 0 Å². The van der Waals surface area contributed by atoms with Crippen molar-refractivity contribution in [2.75, 3.05) is 26.2 Å². The van der Waals surface area contributed by atoms with Gasteiger partial charge >= 0.3 is 0 Å². The largest absolute Gasteiger partial charge is 0.356 e. The quantitative estimate of drug-likeness (QED) is 0.749. The zero-order valence-electron chi connectivity index (χ0n) is 16.9. The summed E-state index contributed by atoms with van der Waals surface area (Å²) >= 11 is 0. The van der Waals surface area contributed by atoms with Gasteiger partial charge in [0.15, 0.2) is 0 Å². The Morgan fingerprint density at radius 2 is 1.48 bits per heavy atom. The van der Waals surface area contributed by atoms with Gasteiger partial charge in [0.25, 0.3) is 0 Å². The van der Waals surface area contributed by atoms with Crippen molar-refractivity contribution in [1.82, 2.24) is 15.5 Å². The van der Waals surface area contributed by atoms with E-state index >= 15 is 0 Å². The van der Waals surface area contributed by atoms with Gasteiger partial charge in [-0.05, 0) is 43.5 Å². The monoisotopic (exact) mass is 437 g/mol. The molecule has 2 aromatic rings. The summed E-state index contributed by atoms with van der Waals surface area (Å²) in [7, 11) is 0. The molecule has 6 heteroatoms. The molecule has 0 radical (unpaired) electrons. The maximum atomic E-state index is 12.4. The van der Waals surface area contributed by atoms with Crippen LogP contribution in [0.4, 0.5) is 0 Å². The summed E-state index contributed by atoms with van der Waals surface area (Å²) in [4.78, 5) is 14.9. The molecule has 1 atom stereocenters. The van der Waals surface area contributed by atoms with Gasteiger partial charge < -0.3 is 10.6 Å². The number of nitrogens with zero attached hydrogens (tertiary/aromatic N) is 1. The molecule has 0 aliphatic carbocycles. The standard InChI is InChI=1S/C23H31N3O.2ClH/c27-23-18-22(21-12-5-2-6-13-21)24-14-7-8-16-26(17-9-15-25-23)19-20-10-3-1-4-11-20;;/h1-6,10-13,22,24H,7-9,14-19H2,(H,25,27);2*1H. The smallest absolute Gasteiger partial charge is 0.221 e. The Morgan fingerprint density at radius 1 is 0.828 bits per heavy atom. The fourth-order valence-electron chi connectivity index (χ4n) is 3.63. The highest BCUT2D eigenvalue weighted by molar-refractivity contribution is 5.85. The van der Waals surface area contributed by atoms with Crippen LogP contribution >= 0.6 is 24.8 Å². The van der Waals surface area contributed by atoms with Crippen molar-refractivity contribution in [3.05, 3.63) is 71.8 Å². The summed E-state index contributed by atoms with van der Waals surface area (Å²) in [6.45, 7) is 4.78. The number of hydrogen-bond acceptors (Lipinski definition) is 3. The molecule has 0 saturated carbocycles. The van der Waals surface area contributed by atoms with Crippen LogP contribution in [0.1, 0.15) is 42.9 Å². The molecule has 1 aliphatic rings. The van der Waals surface area contributed by atoms with Crippen molar-refractivity contribution in [1.29, 1.82) is 0 Å². The minimum Gasteiger partial charge on any atom is -0.356 e. The molecular formula is C23H33Cl2N3O. The molecule has 1 fully saturated rings. The minimum atomic E-state index is 0. The van der Waals surface area contributed by atoms with Gasteiger partial charge in [-0.2, -0.15) is 0 Å². The van der Waals surface area contributed by atoms with Crippen molar-refractivity contribution in [2.45, 2.75) is 38.3 Å². The van der Waals surface area contributed by atoms with Gasteiger partial charge in [0.1, 0.15) is 0 Å². The molecule has 29 heavy (non-hydrogen) atoms. The van der Waals surface area contributed by atoms with Crippen LogP contribution in [0.5, 0.6) is 0 Å². The Hall–Kier alpha value is -1.59. The Labute approximate surface area is 187 Å². The number of carbonyl (C=O) groups excluding carboxylic acids is 1. The van der Waals surface area contributed by atoms with Gasteiger partial charge in [0.05, 0.1) is 0 Å². The Morgan fingerprint density at radius 3 is 2.21 bits per heavy atom. The maximum Gasteiger partial charge on any atom is 0.221 e. The van der Waals surface area contributed by atoms with Gasteiger partial charge in [-0.3, -0.25) is 9.69 Å². The van der Waals surface area contributed by atoms with Crippen LogP contribution in [0.15, 0.2) is 60.7 Å². The first-order valence-electron chi connectivity index (χ1n) is 10.1. The highest BCUT2D eigenvalue weighted by Gasteiger charge is 2.16. The molecular weight excluding hydrogens is 405 g/mol. The van der Waals surface area contributed by atoms with E-state index in [0.29, 0.717) is 6.42 Å². The normalized spacial score (nSPS) is 19.3. The fraction of sp³-hybridized carbons (Fsp3) is 0.435. The zero-order chi connectivity index (χ0) is 18.7. The SMILES string of the molecule is Cl.Cl.O=C1CC(c2ccccc2)NCCCCN(Cc2ccccc2)CCCN1. The molecule has 1 heterocycles. The highest BCUT2D eigenvalue weighted by Crippen LogP contribution is 2.17. The van der Waals surface area contributed by atoms with Crippen LogP contribution < -0.4 is 10.6 Å². The van der Waals surface area contributed by atoms with E-state index in [1.807, 2.05) is 18.2 Å². The Bertz CT molecular complexity index is 685. The van der Waals surface area contributed by atoms with E-state index in [9.17, 15) is 4.79 Å². The lowest BCUT2D eigenvalue weighted by molar-refractivity contribution is -0.121. The number of halogens is 2. The first-order valence-corrected chi connectivity index (χ1v) is 10.1. The van der Waals surface area contributed by atoms with Gasteiger partial charge in [-0.25, -0.2) is 0 Å². The van der Waals surface area contributed by atoms with Crippen LogP contribution in [0, 0.1) is 0 Å². The van der Waals surface area contributed by atoms with Crippen molar-refractivity contribution < 1.29 is 4.79 Å². The van der Waals surface area contributed by atoms with Crippen molar-refractivity contribution >= 4 is 30.7 Å². The highest BCUT2D eigenvalue weighted by atomic mass is 35.5. The topological polar surface area (TPSA) is 44.4 Å². The third-order valence-corrected chi connectivity index (χ3v) is 5.11. The van der Waals surface area contributed by atoms with Crippen LogP contribution in [0.2, 0.25) is 0 Å². The van der Waals surface area contributed by atoms with Gasteiger partial charge in [-0.1, -0.05) is 60.7 Å². The molecule has 3 rings (SSSR count). The zero-order valence-corrected chi connectivity index (χ0v) is 18.5. The van der Waals surface area contributed by atoms with E-state index in [2.05, 4.69) is 58.0 Å². The second-order valence-corrected chi connectivity index (χ2v) is 7.29. The third-order valence-electron chi connectivity index (χ3n) is 5.11. The molecule has 0 aromatic heterocycles. The van der Waals surface area contributed by atoms with E-state index in [-0.39, 0.29) is 36.8 Å². The molecule has 0 bridgehead atoms. The summed E-state index contributed by atoms with van der Waals surface area (Å²) in [6, 6.07) is 21.0.